The number of hydrogen-bond donors (Lipinski definition) is 2. The van der Waals surface area contributed by atoms with Crippen LogP contribution in [0.5, 0.6) is 0 Å². The number of nitrogen functional groups attached to an aromatic ring is 1. The van der Waals surface area contributed by atoms with Crippen LogP contribution in [0.3, 0.4) is 0 Å². The summed E-state index contributed by atoms with van der Waals surface area (Å²) in [6.45, 7) is 3.51. The molecule has 0 radical (unpaired) electrons. The summed E-state index contributed by atoms with van der Waals surface area (Å²) >= 11 is 0. The molecule has 1 aromatic heterocycles. The average molecular weight is 267 g/mol. The molecule has 5 nitrogen and oxygen atoms in total. The minimum absolute atomic E-state index is 0.0628. The Labute approximate surface area is 113 Å². The molecule has 0 bridgehead atoms. The summed E-state index contributed by atoms with van der Waals surface area (Å²) in [5, 5.41) is 3.24. The van der Waals surface area contributed by atoms with E-state index in [2.05, 4.69) is 27.2 Å². The molecule has 3 N–H and O–H groups in total. The van der Waals surface area contributed by atoms with Gasteiger partial charge in [-0.05, 0) is 32.6 Å². The maximum absolute atomic E-state index is 13.2. The SMILES string of the molecule is C[C@H](F)c1nc(N)nc(N[C@@H](C)C2CCCCC2)n1. The van der Waals surface area contributed by atoms with Gasteiger partial charge in [0.15, 0.2) is 12.0 Å². The van der Waals surface area contributed by atoms with Crippen molar-refractivity contribution in [2.24, 2.45) is 5.92 Å². The van der Waals surface area contributed by atoms with Crippen molar-refractivity contribution < 1.29 is 4.39 Å². The molecule has 0 aromatic carbocycles. The van der Waals surface area contributed by atoms with E-state index in [4.69, 9.17) is 5.73 Å². The molecule has 0 spiro atoms. The van der Waals surface area contributed by atoms with Crippen molar-refractivity contribution in [3.8, 4) is 0 Å². The molecule has 1 aliphatic carbocycles. The van der Waals surface area contributed by atoms with Gasteiger partial charge in [-0.2, -0.15) is 15.0 Å². The minimum atomic E-state index is -1.24. The lowest BCUT2D eigenvalue weighted by molar-refractivity contribution is 0.327. The van der Waals surface area contributed by atoms with Crippen molar-refractivity contribution in [1.82, 2.24) is 15.0 Å². The third kappa shape index (κ3) is 3.75. The van der Waals surface area contributed by atoms with Crippen LogP contribution in [-0.4, -0.2) is 21.0 Å². The number of alkyl halides is 1. The van der Waals surface area contributed by atoms with Crippen LogP contribution in [0.1, 0.15) is 57.9 Å². The van der Waals surface area contributed by atoms with Gasteiger partial charge in [-0.15, -0.1) is 0 Å². The van der Waals surface area contributed by atoms with Crippen molar-refractivity contribution in [3.05, 3.63) is 5.82 Å². The Bertz CT molecular complexity index is 417. The Kier molecular flexibility index (Phi) is 4.50. The Morgan fingerprint density at radius 1 is 1.16 bits per heavy atom. The van der Waals surface area contributed by atoms with Crippen LogP contribution in [0.4, 0.5) is 16.3 Å². The third-order valence-electron chi connectivity index (χ3n) is 3.74. The Balaban J connectivity index is 2.05. The van der Waals surface area contributed by atoms with E-state index >= 15 is 0 Å². The molecule has 1 aliphatic rings. The number of nitrogens with zero attached hydrogens (tertiary/aromatic N) is 3. The van der Waals surface area contributed by atoms with E-state index in [0.29, 0.717) is 11.9 Å². The molecule has 0 saturated heterocycles. The molecule has 0 amide bonds. The van der Waals surface area contributed by atoms with Gasteiger partial charge in [-0.1, -0.05) is 19.3 Å². The summed E-state index contributed by atoms with van der Waals surface area (Å²) in [6, 6.07) is 0.268. The molecule has 1 fully saturated rings. The summed E-state index contributed by atoms with van der Waals surface area (Å²) < 4.78 is 13.2. The van der Waals surface area contributed by atoms with Crippen LogP contribution in [0, 0.1) is 5.92 Å². The highest BCUT2D eigenvalue weighted by atomic mass is 19.1. The smallest absolute Gasteiger partial charge is 0.228 e. The molecule has 0 unspecified atom stereocenters. The standard InChI is InChI=1S/C13H22FN5/c1-8(14)11-17-12(15)19-13(18-11)16-9(2)10-6-4-3-5-7-10/h8-10H,3-7H2,1-2H3,(H3,15,16,17,18,19)/t8-,9-/m0/s1. The van der Waals surface area contributed by atoms with Gasteiger partial charge in [0.05, 0.1) is 0 Å². The minimum Gasteiger partial charge on any atom is -0.368 e. The van der Waals surface area contributed by atoms with Crippen LogP contribution in [0.25, 0.3) is 0 Å². The summed E-state index contributed by atoms with van der Waals surface area (Å²) in [6.07, 6.45) is 5.09. The van der Waals surface area contributed by atoms with E-state index < -0.39 is 6.17 Å². The molecule has 6 heteroatoms. The fourth-order valence-corrected chi connectivity index (χ4v) is 2.61. The van der Waals surface area contributed by atoms with Crippen molar-refractivity contribution in [2.75, 3.05) is 11.1 Å². The Morgan fingerprint density at radius 2 is 1.84 bits per heavy atom. The number of halogens is 1. The van der Waals surface area contributed by atoms with Gasteiger partial charge in [-0.25, -0.2) is 4.39 Å². The molecule has 1 heterocycles. The second-order valence-corrected chi connectivity index (χ2v) is 5.32. The van der Waals surface area contributed by atoms with E-state index in [1.807, 2.05) is 0 Å². The normalized spacial score (nSPS) is 19.9. The van der Waals surface area contributed by atoms with E-state index in [9.17, 15) is 4.39 Å². The first-order valence-electron chi connectivity index (χ1n) is 6.98. The van der Waals surface area contributed by atoms with Crippen LogP contribution < -0.4 is 11.1 Å². The maximum atomic E-state index is 13.2. The second kappa shape index (κ2) is 6.12. The van der Waals surface area contributed by atoms with Gasteiger partial charge in [0.1, 0.15) is 0 Å². The zero-order chi connectivity index (χ0) is 13.8. The van der Waals surface area contributed by atoms with Gasteiger partial charge < -0.3 is 11.1 Å². The highest BCUT2D eigenvalue weighted by Gasteiger charge is 2.21. The van der Waals surface area contributed by atoms with Crippen LogP contribution in [-0.2, 0) is 0 Å². The van der Waals surface area contributed by atoms with E-state index in [1.54, 1.807) is 0 Å². The van der Waals surface area contributed by atoms with E-state index in [0.717, 1.165) is 0 Å². The number of hydrogen-bond acceptors (Lipinski definition) is 5. The zero-order valence-corrected chi connectivity index (χ0v) is 11.6. The second-order valence-electron chi connectivity index (χ2n) is 5.32. The lowest BCUT2D eigenvalue weighted by atomic mass is 9.85. The van der Waals surface area contributed by atoms with Crippen molar-refractivity contribution >= 4 is 11.9 Å². The molecule has 1 saturated carbocycles. The lowest BCUT2D eigenvalue weighted by Gasteiger charge is -2.28. The number of anilines is 2. The molecule has 1 aromatic rings. The van der Waals surface area contributed by atoms with E-state index in [1.165, 1.54) is 39.0 Å². The third-order valence-corrected chi connectivity index (χ3v) is 3.74. The molecule has 19 heavy (non-hydrogen) atoms. The van der Waals surface area contributed by atoms with Gasteiger partial charge >= 0.3 is 0 Å². The predicted octanol–water partition coefficient (Wildman–Crippen LogP) is 2.87. The Morgan fingerprint density at radius 3 is 2.47 bits per heavy atom. The summed E-state index contributed by atoms with van der Waals surface area (Å²) in [7, 11) is 0. The van der Waals surface area contributed by atoms with Crippen LogP contribution in [0.15, 0.2) is 0 Å². The van der Waals surface area contributed by atoms with Gasteiger partial charge in [0, 0.05) is 6.04 Å². The number of aromatic nitrogens is 3. The molecule has 2 atom stereocenters. The fraction of sp³-hybridized carbons (Fsp3) is 0.769. The number of rotatable bonds is 4. The summed E-state index contributed by atoms with van der Waals surface area (Å²) in [5.41, 5.74) is 5.58. The predicted molar refractivity (Wildman–Crippen MR) is 73.4 cm³/mol. The first-order chi connectivity index (χ1) is 9.06. The van der Waals surface area contributed by atoms with Crippen molar-refractivity contribution in [1.29, 1.82) is 0 Å². The zero-order valence-electron chi connectivity index (χ0n) is 11.6. The number of nitrogens with two attached hydrogens (primary N) is 1. The molecular weight excluding hydrogens is 245 g/mol. The first kappa shape index (κ1) is 14.0. The van der Waals surface area contributed by atoms with Crippen LogP contribution in [0.2, 0.25) is 0 Å². The first-order valence-corrected chi connectivity index (χ1v) is 6.98. The van der Waals surface area contributed by atoms with Gasteiger partial charge in [0.2, 0.25) is 11.9 Å². The van der Waals surface area contributed by atoms with Crippen molar-refractivity contribution in [3.63, 3.8) is 0 Å². The van der Waals surface area contributed by atoms with Gasteiger partial charge in [-0.3, -0.25) is 0 Å². The molecule has 2 rings (SSSR count). The highest BCUT2D eigenvalue weighted by Crippen LogP contribution is 2.27. The largest absolute Gasteiger partial charge is 0.368 e. The van der Waals surface area contributed by atoms with Crippen molar-refractivity contribution in [2.45, 2.75) is 58.2 Å². The topological polar surface area (TPSA) is 76.7 Å². The quantitative estimate of drug-likeness (QED) is 0.877. The lowest BCUT2D eigenvalue weighted by Crippen LogP contribution is -2.29. The number of nitrogens with one attached hydrogen (secondary N) is 1. The highest BCUT2D eigenvalue weighted by molar-refractivity contribution is 5.32. The summed E-state index contributed by atoms with van der Waals surface area (Å²) in [4.78, 5) is 11.9. The molecular formula is C13H22FN5. The van der Waals surface area contributed by atoms with E-state index in [-0.39, 0.29) is 17.8 Å². The van der Waals surface area contributed by atoms with Crippen LogP contribution >= 0.6 is 0 Å². The molecule has 0 aliphatic heterocycles. The Hall–Kier alpha value is -1.46. The van der Waals surface area contributed by atoms with Gasteiger partial charge in [0.25, 0.3) is 0 Å². The molecule has 106 valence electrons. The fourth-order valence-electron chi connectivity index (χ4n) is 2.61. The monoisotopic (exact) mass is 267 g/mol. The maximum Gasteiger partial charge on any atom is 0.228 e. The summed E-state index contributed by atoms with van der Waals surface area (Å²) in [5.74, 6) is 1.15. The average Bonchev–Trinajstić information content (AvgIpc) is 2.39.